The van der Waals surface area contributed by atoms with E-state index in [4.69, 9.17) is 5.26 Å². The van der Waals surface area contributed by atoms with Gasteiger partial charge in [-0.3, -0.25) is 4.79 Å². The van der Waals surface area contributed by atoms with Crippen LogP contribution in [0.5, 0.6) is 0 Å². The van der Waals surface area contributed by atoms with Crippen molar-refractivity contribution in [3.05, 3.63) is 59.2 Å². The fourth-order valence-electron chi connectivity index (χ4n) is 2.07. The number of carbonyl (C=O) groups is 1. The molecular formula is C17H17N3O. The van der Waals surface area contributed by atoms with Crippen molar-refractivity contribution in [2.24, 2.45) is 0 Å². The third-order valence-electron chi connectivity index (χ3n) is 3.13. The van der Waals surface area contributed by atoms with E-state index in [0.29, 0.717) is 11.3 Å². The van der Waals surface area contributed by atoms with E-state index in [2.05, 4.69) is 16.7 Å². The van der Waals surface area contributed by atoms with Crippen molar-refractivity contribution in [3.63, 3.8) is 0 Å². The van der Waals surface area contributed by atoms with Crippen LogP contribution in [0.15, 0.2) is 42.5 Å². The first-order valence-electron chi connectivity index (χ1n) is 6.70. The van der Waals surface area contributed by atoms with Crippen LogP contribution in [0.1, 0.15) is 16.7 Å². The van der Waals surface area contributed by atoms with Gasteiger partial charge in [0.1, 0.15) is 6.07 Å². The van der Waals surface area contributed by atoms with Crippen LogP contribution in [0.2, 0.25) is 0 Å². The van der Waals surface area contributed by atoms with E-state index in [1.807, 2.05) is 50.2 Å². The van der Waals surface area contributed by atoms with Gasteiger partial charge in [-0.05, 0) is 43.2 Å². The average molecular weight is 279 g/mol. The minimum Gasteiger partial charge on any atom is -0.375 e. The first-order valence-corrected chi connectivity index (χ1v) is 6.70. The Bertz CT molecular complexity index is 701. The Morgan fingerprint density at radius 1 is 1.19 bits per heavy atom. The lowest BCUT2D eigenvalue weighted by molar-refractivity contribution is -0.114. The van der Waals surface area contributed by atoms with Gasteiger partial charge in [0.05, 0.1) is 17.8 Å². The summed E-state index contributed by atoms with van der Waals surface area (Å²) in [5, 5.41) is 15.0. The zero-order valence-electron chi connectivity index (χ0n) is 12.1. The summed E-state index contributed by atoms with van der Waals surface area (Å²) in [5.41, 5.74) is 4.00. The maximum absolute atomic E-state index is 11.9. The highest BCUT2D eigenvalue weighted by Gasteiger charge is 2.07. The van der Waals surface area contributed by atoms with Crippen molar-refractivity contribution in [1.29, 1.82) is 5.26 Å². The number of amides is 1. The van der Waals surface area contributed by atoms with Crippen molar-refractivity contribution in [2.45, 2.75) is 13.8 Å². The molecule has 0 aliphatic heterocycles. The molecule has 2 aromatic rings. The highest BCUT2D eigenvalue weighted by atomic mass is 16.1. The number of nitrogens with zero attached hydrogens (tertiary/aromatic N) is 1. The Balaban J connectivity index is 1.99. The number of anilines is 2. The van der Waals surface area contributed by atoms with Gasteiger partial charge in [-0.1, -0.05) is 24.3 Å². The molecule has 2 aromatic carbocycles. The summed E-state index contributed by atoms with van der Waals surface area (Å²) in [7, 11) is 0. The normalized spacial score (nSPS) is 9.76. The highest BCUT2D eigenvalue weighted by molar-refractivity contribution is 5.94. The summed E-state index contributed by atoms with van der Waals surface area (Å²) >= 11 is 0. The molecule has 2 rings (SSSR count). The van der Waals surface area contributed by atoms with Crippen LogP contribution < -0.4 is 10.6 Å². The lowest BCUT2D eigenvalue weighted by Gasteiger charge is -2.10. The van der Waals surface area contributed by atoms with Crippen LogP contribution in [-0.2, 0) is 4.79 Å². The minimum atomic E-state index is -0.147. The quantitative estimate of drug-likeness (QED) is 0.903. The van der Waals surface area contributed by atoms with E-state index in [-0.39, 0.29) is 12.5 Å². The number of hydrogen-bond acceptors (Lipinski definition) is 3. The molecule has 4 heteroatoms. The number of benzene rings is 2. The molecule has 0 aliphatic carbocycles. The Labute approximate surface area is 124 Å². The molecule has 0 aromatic heterocycles. The second-order valence-corrected chi connectivity index (χ2v) is 4.88. The van der Waals surface area contributed by atoms with Gasteiger partial charge in [0.25, 0.3) is 0 Å². The summed E-state index contributed by atoms with van der Waals surface area (Å²) in [6, 6.07) is 15.3. The van der Waals surface area contributed by atoms with Gasteiger partial charge < -0.3 is 10.6 Å². The van der Waals surface area contributed by atoms with Crippen molar-refractivity contribution in [3.8, 4) is 6.07 Å². The highest BCUT2D eigenvalue weighted by Crippen LogP contribution is 2.18. The number of carbonyl (C=O) groups excluding carboxylic acids is 1. The van der Waals surface area contributed by atoms with E-state index < -0.39 is 0 Å². The maximum Gasteiger partial charge on any atom is 0.243 e. The number of aryl methyl sites for hydroxylation is 2. The van der Waals surface area contributed by atoms with Gasteiger partial charge in [0.2, 0.25) is 5.91 Å². The van der Waals surface area contributed by atoms with Crippen LogP contribution in [0.3, 0.4) is 0 Å². The van der Waals surface area contributed by atoms with Gasteiger partial charge in [-0.2, -0.15) is 5.26 Å². The van der Waals surface area contributed by atoms with Crippen LogP contribution >= 0.6 is 0 Å². The predicted molar refractivity (Wildman–Crippen MR) is 84.2 cm³/mol. The van der Waals surface area contributed by atoms with Crippen molar-refractivity contribution >= 4 is 17.3 Å². The molecule has 106 valence electrons. The number of rotatable bonds is 4. The first-order chi connectivity index (χ1) is 10.1. The first kappa shape index (κ1) is 14.6. The molecule has 2 N–H and O–H groups in total. The molecule has 0 saturated carbocycles. The zero-order chi connectivity index (χ0) is 15.2. The molecule has 0 unspecified atom stereocenters. The minimum absolute atomic E-state index is 0.117. The molecule has 1 amide bonds. The average Bonchev–Trinajstić information content (AvgIpc) is 2.45. The van der Waals surface area contributed by atoms with Gasteiger partial charge in [-0.15, -0.1) is 0 Å². The standard InChI is InChI=1S/C17H17N3O/c1-12-5-3-7-14(9-12)20-17(21)11-19-16-8-4-6-13(2)15(16)10-18/h3-9,19H,11H2,1-2H3,(H,20,21). The van der Waals surface area contributed by atoms with Crippen LogP contribution in [0, 0.1) is 25.2 Å². The molecule has 4 nitrogen and oxygen atoms in total. The van der Waals surface area contributed by atoms with Crippen molar-refractivity contribution in [2.75, 3.05) is 17.2 Å². The zero-order valence-corrected chi connectivity index (χ0v) is 12.1. The monoisotopic (exact) mass is 279 g/mol. The van der Waals surface area contributed by atoms with E-state index in [0.717, 1.165) is 16.8 Å². The second-order valence-electron chi connectivity index (χ2n) is 4.88. The van der Waals surface area contributed by atoms with Crippen LogP contribution in [0.25, 0.3) is 0 Å². The second kappa shape index (κ2) is 6.58. The number of nitrogens with one attached hydrogen (secondary N) is 2. The summed E-state index contributed by atoms with van der Waals surface area (Å²) in [5.74, 6) is -0.147. The molecule has 0 fully saturated rings. The predicted octanol–water partition coefficient (Wildman–Crippen LogP) is 3.23. The van der Waals surface area contributed by atoms with Gasteiger partial charge in [0.15, 0.2) is 0 Å². The van der Waals surface area contributed by atoms with Gasteiger partial charge in [-0.25, -0.2) is 0 Å². The number of nitriles is 1. The Hall–Kier alpha value is -2.80. The molecule has 0 spiro atoms. The summed E-state index contributed by atoms with van der Waals surface area (Å²) < 4.78 is 0. The van der Waals surface area contributed by atoms with E-state index in [1.54, 1.807) is 6.07 Å². The van der Waals surface area contributed by atoms with Crippen LogP contribution in [0.4, 0.5) is 11.4 Å². The lowest BCUT2D eigenvalue weighted by atomic mass is 10.1. The third-order valence-corrected chi connectivity index (χ3v) is 3.13. The van der Waals surface area contributed by atoms with E-state index >= 15 is 0 Å². The molecule has 0 heterocycles. The van der Waals surface area contributed by atoms with Crippen molar-refractivity contribution in [1.82, 2.24) is 0 Å². The largest absolute Gasteiger partial charge is 0.375 e. The van der Waals surface area contributed by atoms with E-state index in [9.17, 15) is 4.79 Å². The van der Waals surface area contributed by atoms with E-state index in [1.165, 1.54) is 0 Å². The molecule has 0 bridgehead atoms. The summed E-state index contributed by atoms with van der Waals surface area (Å²) in [6.07, 6.45) is 0. The molecular weight excluding hydrogens is 262 g/mol. The fraction of sp³-hybridized carbons (Fsp3) is 0.176. The SMILES string of the molecule is Cc1cccc(NC(=O)CNc2cccc(C)c2C#N)c1. The third kappa shape index (κ3) is 3.83. The molecule has 0 radical (unpaired) electrons. The molecule has 0 atom stereocenters. The van der Waals surface area contributed by atoms with Crippen molar-refractivity contribution < 1.29 is 4.79 Å². The Morgan fingerprint density at radius 2 is 1.95 bits per heavy atom. The molecule has 0 aliphatic rings. The van der Waals surface area contributed by atoms with Crippen LogP contribution in [-0.4, -0.2) is 12.5 Å². The molecule has 0 saturated heterocycles. The number of hydrogen-bond donors (Lipinski definition) is 2. The Kier molecular flexibility index (Phi) is 4.57. The topological polar surface area (TPSA) is 64.9 Å². The smallest absolute Gasteiger partial charge is 0.243 e. The summed E-state index contributed by atoms with van der Waals surface area (Å²) in [4.78, 5) is 11.9. The van der Waals surface area contributed by atoms with Gasteiger partial charge >= 0.3 is 0 Å². The summed E-state index contributed by atoms with van der Waals surface area (Å²) in [6.45, 7) is 3.96. The lowest BCUT2D eigenvalue weighted by Crippen LogP contribution is -2.22. The van der Waals surface area contributed by atoms with Gasteiger partial charge in [0, 0.05) is 5.69 Å². The maximum atomic E-state index is 11.9. The fourth-order valence-corrected chi connectivity index (χ4v) is 2.07. The Morgan fingerprint density at radius 3 is 2.67 bits per heavy atom. The molecule has 21 heavy (non-hydrogen) atoms.